The first kappa shape index (κ1) is 14.0. The van der Waals surface area contributed by atoms with Gasteiger partial charge in [0.1, 0.15) is 0 Å². The number of aromatic nitrogens is 1. The van der Waals surface area contributed by atoms with Crippen LogP contribution in [0.15, 0.2) is 23.1 Å². The Morgan fingerprint density at radius 1 is 1.00 bits per heavy atom. The van der Waals surface area contributed by atoms with Crippen molar-refractivity contribution >= 4 is 6.29 Å². The van der Waals surface area contributed by atoms with Crippen LogP contribution in [0.25, 0.3) is 11.1 Å². The van der Waals surface area contributed by atoms with Crippen molar-refractivity contribution in [1.29, 1.82) is 0 Å². The molecule has 1 aromatic heterocycles. The van der Waals surface area contributed by atoms with Gasteiger partial charge in [-0.3, -0.25) is 9.59 Å². The van der Waals surface area contributed by atoms with Crippen LogP contribution in [0.4, 0.5) is 17.6 Å². The largest absolute Gasteiger partial charge is 0.318 e. The Balaban J connectivity index is 2.84. The summed E-state index contributed by atoms with van der Waals surface area (Å²) in [5.41, 5.74) is -2.97. The third-order valence-electron chi connectivity index (χ3n) is 2.79. The third kappa shape index (κ3) is 2.01. The van der Waals surface area contributed by atoms with Crippen LogP contribution >= 0.6 is 0 Å². The lowest BCUT2D eigenvalue weighted by molar-refractivity contribution is 0.111. The predicted molar refractivity (Wildman–Crippen MR) is 62.3 cm³/mol. The summed E-state index contributed by atoms with van der Waals surface area (Å²) >= 11 is 0. The average Bonchev–Trinajstić information content (AvgIpc) is 2.41. The van der Waals surface area contributed by atoms with Gasteiger partial charge in [-0.2, -0.15) is 0 Å². The van der Waals surface area contributed by atoms with Gasteiger partial charge in [-0.25, -0.2) is 17.6 Å². The van der Waals surface area contributed by atoms with Gasteiger partial charge in [0.2, 0.25) is 5.56 Å². The van der Waals surface area contributed by atoms with Crippen molar-refractivity contribution in [2.45, 2.75) is 0 Å². The van der Waals surface area contributed by atoms with Crippen molar-refractivity contribution < 1.29 is 22.4 Å². The normalized spacial score (nSPS) is 10.7. The summed E-state index contributed by atoms with van der Waals surface area (Å²) in [5, 5.41) is 0. The van der Waals surface area contributed by atoms with E-state index in [2.05, 4.69) is 0 Å². The van der Waals surface area contributed by atoms with Gasteiger partial charge in [-0.15, -0.1) is 0 Å². The van der Waals surface area contributed by atoms with Crippen molar-refractivity contribution in [3.63, 3.8) is 0 Å². The van der Waals surface area contributed by atoms with Crippen molar-refractivity contribution in [2.24, 2.45) is 7.05 Å². The Morgan fingerprint density at radius 3 is 2.00 bits per heavy atom. The van der Waals surface area contributed by atoms with Crippen LogP contribution in [0.2, 0.25) is 0 Å². The fraction of sp³-hybridized carbons (Fsp3) is 0.0769. The molecule has 3 nitrogen and oxygen atoms in total. The van der Waals surface area contributed by atoms with E-state index in [1.807, 2.05) is 0 Å². The summed E-state index contributed by atoms with van der Waals surface area (Å²) < 4.78 is 55.5. The first-order valence-electron chi connectivity index (χ1n) is 5.36. The molecule has 0 unspecified atom stereocenters. The Bertz CT molecular complexity index is 739. The van der Waals surface area contributed by atoms with Crippen LogP contribution in [0, 0.1) is 23.3 Å². The number of halogens is 4. The molecule has 0 saturated heterocycles. The number of nitrogens with zero attached hydrogens (tertiary/aromatic N) is 1. The second kappa shape index (κ2) is 4.92. The summed E-state index contributed by atoms with van der Waals surface area (Å²) in [5.74, 6) is -6.93. The lowest BCUT2D eigenvalue weighted by Crippen LogP contribution is -2.15. The molecule has 104 valence electrons. The molecule has 0 fully saturated rings. The van der Waals surface area contributed by atoms with Crippen LogP contribution in [0.1, 0.15) is 10.4 Å². The van der Waals surface area contributed by atoms with E-state index in [0.717, 1.165) is 22.9 Å². The number of aryl methyl sites for hydroxylation is 1. The standard InChI is InChI=1S/C13H7F4NO2/c1-18-4-6(2-3-8(18)20)9-12(16)10(14)7(5-19)11(15)13(9)17/h2-5H,1H3. The van der Waals surface area contributed by atoms with E-state index in [9.17, 15) is 27.2 Å². The predicted octanol–water partition coefficient (Wildman–Crippen LogP) is 2.42. The zero-order valence-corrected chi connectivity index (χ0v) is 10.1. The highest BCUT2D eigenvalue weighted by Crippen LogP contribution is 2.30. The molecule has 2 rings (SSSR count). The number of benzene rings is 1. The van der Waals surface area contributed by atoms with Gasteiger partial charge in [-0.05, 0) is 6.07 Å². The summed E-state index contributed by atoms with van der Waals surface area (Å²) in [6, 6.07) is 2.03. The minimum atomic E-state index is -1.78. The molecule has 1 heterocycles. The molecule has 0 radical (unpaired) electrons. The number of carbonyl (C=O) groups is 1. The first-order valence-corrected chi connectivity index (χ1v) is 5.36. The van der Waals surface area contributed by atoms with Crippen LogP contribution in [-0.2, 0) is 7.05 Å². The van der Waals surface area contributed by atoms with E-state index in [1.54, 1.807) is 0 Å². The van der Waals surface area contributed by atoms with Crippen molar-refractivity contribution in [3.8, 4) is 11.1 Å². The molecule has 2 aromatic rings. The number of hydrogen-bond acceptors (Lipinski definition) is 2. The maximum atomic E-state index is 13.8. The topological polar surface area (TPSA) is 39.1 Å². The Hall–Kier alpha value is -2.44. The van der Waals surface area contributed by atoms with E-state index in [-0.39, 0.29) is 11.8 Å². The number of aldehydes is 1. The van der Waals surface area contributed by atoms with E-state index < -0.39 is 40.0 Å². The molecular formula is C13H7F4NO2. The molecule has 7 heteroatoms. The summed E-state index contributed by atoms with van der Waals surface area (Å²) in [6.07, 6.45) is 0.727. The van der Waals surface area contributed by atoms with Gasteiger partial charge in [0, 0.05) is 24.9 Å². The highest BCUT2D eigenvalue weighted by atomic mass is 19.2. The molecule has 0 N–H and O–H groups in total. The summed E-state index contributed by atoms with van der Waals surface area (Å²) in [7, 11) is 1.31. The molecule has 0 aliphatic heterocycles. The Morgan fingerprint density at radius 2 is 1.55 bits per heavy atom. The third-order valence-corrected chi connectivity index (χ3v) is 2.79. The molecular weight excluding hydrogens is 278 g/mol. The zero-order valence-electron chi connectivity index (χ0n) is 10.1. The van der Waals surface area contributed by atoms with Crippen molar-refractivity contribution in [3.05, 3.63) is 57.5 Å². The summed E-state index contributed by atoms with van der Waals surface area (Å²) in [6.45, 7) is 0. The maximum Gasteiger partial charge on any atom is 0.250 e. The van der Waals surface area contributed by atoms with Gasteiger partial charge in [0.15, 0.2) is 29.6 Å². The number of pyridine rings is 1. The maximum absolute atomic E-state index is 13.8. The van der Waals surface area contributed by atoms with Gasteiger partial charge >= 0.3 is 0 Å². The number of rotatable bonds is 2. The minimum Gasteiger partial charge on any atom is -0.318 e. The molecule has 20 heavy (non-hydrogen) atoms. The Kier molecular flexibility index (Phi) is 3.44. The average molecular weight is 285 g/mol. The second-order valence-electron chi connectivity index (χ2n) is 4.03. The van der Waals surface area contributed by atoms with Crippen LogP contribution in [0.5, 0.6) is 0 Å². The molecule has 0 aliphatic carbocycles. The van der Waals surface area contributed by atoms with Gasteiger partial charge in [0.25, 0.3) is 0 Å². The van der Waals surface area contributed by atoms with Crippen LogP contribution in [-0.4, -0.2) is 10.9 Å². The lowest BCUT2D eigenvalue weighted by atomic mass is 10.0. The van der Waals surface area contributed by atoms with E-state index in [1.165, 1.54) is 7.05 Å². The molecule has 0 atom stereocenters. The molecule has 0 spiro atoms. The van der Waals surface area contributed by atoms with E-state index in [4.69, 9.17) is 0 Å². The molecule has 0 amide bonds. The minimum absolute atomic E-state index is 0.225. The van der Waals surface area contributed by atoms with E-state index >= 15 is 0 Å². The lowest BCUT2D eigenvalue weighted by Gasteiger charge is -2.10. The number of carbonyl (C=O) groups excluding carboxylic acids is 1. The smallest absolute Gasteiger partial charge is 0.250 e. The van der Waals surface area contributed by atoms with Gasteiger partial charge in [-0.1, -0.05) is 0 Å². The van der Waals surface area contributed by atoms with E-state index in [0.29, 0.717) is 0 Å². The monoisotopic (exact) mass is 285 g/mol. The van der Waals surface area contributed by atoms with Gasteiger partial charge < -0.3 is 4.57 Å². The van der Waals surface area contributed by atoms with Crippen molar-refractivity contribution in [1.82, 2.24) is 4.57 Å². The zero-order chi connectivity index (χ0) is 15.0. The molecule has 0 aliphatic rings. The van der Waals surface area contributed by atoms with Crippen LogP contribution in [0.3, 0.4) is 0 Å². The Labute approximate surface area is 110 Å². The molecule has 0 saturated carbocycles. The SMILES string of the molecule is Cn1cc(-c2c(F)c(F)c(C=O)c(F)c2F)ccc1=O. The van der Waals surface area contributed by atoms with Crippen molar-refractivity contribution in [2.75, 3.05) is 0 Å². The fourth-order valence-corrected chi connectivity index (χ4v) is 1.75. The number of hydrogen-bond donors (Lipinski definition) is 0. The molecule has 1 aromatic carbocycles. The van der Waals surface area contributed by atoms with Gasteiger partial charge in [0.05, 0.1) is 11.1 Å². The van der Waals surface area contributed by atoms with Crippen LogP contribution < -0.4 is 5.56 Å². The fourth-order valence-electron chi connectivity index (χ4n) is 1.75. The molecule has 0 bridgehead atoms. The highest BCUT2D eigenvalue weighted by molar-refractivity contribution is 5.78. The quantitative estimate of drug-likeness (QED) is 0.483. The summed E-state index contributed by atoms with van der Waals surface area (Å²) in [4.78, 5) is 21.6. The second-order valence-corrected chi connectivity index (χ2v) is 4.03. The first-order chi connectivity index (χ1) is 9.38. The highest BCUT2D eigenvalue weighted by Gasteiger charge is 2.26.